The molecule has 1 aliphatic rings. The highest BCUT2D eigenvalue weighted by Gasteiger charge is 2.23. The van der Waals surface area contributed by atoms with Crippen LogP contribution in [0.2, 0.25) is 0 Å². The predicted octanol–water partition coefficient (Wildman–Crippen LogP) is 1.02. The van der Waals surface area contributed by atoms with Crippen LogP contribution < -0.4 is 10.6 Å². The van der Waals surface area contributed by atoms with Crippen molar-refractivity contribution < 1.29 is 4.79 Å². The number of nitrogens with zero attached hydrogens (tertiary/aromatic N) is 4. The van der Waals surface area contributed by atoms with Gasteiger partial charge in [-0.2, -0.15) is 0 Å². The predicted molar refractivity (Wildman–Crippen MR) is 81.0 cm³/mol. The van der Waals surface area contributed by atoms with E-state index >= 15 is 0 Å². The Morgan fingerprint density at radius 3 is 2.48 bits per heavy atom. The van der Waals surface area contributed by atoms with Gasteiger partial charge in [-0.25, -0.2) is 9.97 Å². The summed E-state index contributed by atoms with van der Waals surface area (Å²) in [4.78, 5) is 24.8. The molecule has 0 aliphatic carbocycles. The summed E-state index contributed by atoms with van der Waals surface area (Å²) in [5.41, 5.74) is 6.59. The maximum atomic E-state index is 12.3. The van der Waals surface area contributed by atoms with E-state index < -0.39 is 0 Å². The summed E-state index contributed by atoms with van der Waals surface area (Å²) in [5, 5.41) is 0. The number of anilines is 2. The minimum absolute atomic E-state index is 0.0457. The summed E-state index contributed by atoms with van der Waals surface area (Å²) in [7, 11) is 0. The van der Waals surface area contributed by atoms with Crippen LogP contribution in [0.15, 0.2) is 42.7 Å². The molecule has 1 fully saturated rings. The van der Waals surface area contributed by atoms with Gasteiger partial charge in [0.15, 0.2) is 0 Å². The largest absolute Gasteiger partial charge is 0.397 e. The van der Waals surface area contributed by atoms with Crippen LogP contribution in [0.1, 0.15) is 10.5 Å². The second-order valence-electron chi connectivity index (χ2n) is 4.94. The van der Waals surface area contributed by atoms with E-state index in [1.807, 2.05) is 23.1 Å². The topological polar surface area (TPSA) is 75.4 Å². The lowest BCUT2D eigenvalue weighted by Crippen LogP contribution is -2.49. The van der Waals surface area contributed by atoms with Crippen LogP contribution >= 0.6 is 0 Å². The average molecular weight is 283 g/mol. The molecule has 0 atom stereocenters. The van der Waals surface area contributed by atoms with Gasteiger partial charge in [0.1, 0.15) is 11.5 Å². The maximum absolute atomic E-state index is 12.3. The van der Waals surface area contributed by atoms with Crippen LogP contribution in [0.5, 0.6) is 0 Å². The first kappa shape index (κ1) is 13.4. The van der Waals surface area contributed by atoms with Gasteiger partial charge in [0.2, 0.25) is 0 Å². The van der Waals surface area contributed by atoms with Gasteiger partial charge in [0.25, 0.3) is 5.91 Å². The zero-order valence-corrected chi connectivity index (χ0v) is 11.6. The van der Waals surface area contributed by atoms with Crippen molar-refractivity contribution in [1.29, 1.82) is 0 Å². The Kier molecular flexibility index (Phi) is 3.68. The molecule has 6 nitrogen and oxygen atoms in total. The molecule has 1 aliphatic heterocycles. The van der Waals surface area contributed by atoms with E-state index in [9.17, 15) is 4.79 Å². The number of amides is 1. The van der Waals surface area contributed by atoms with E-state index in [2.05, 4.69) is 14.9 Å². The maximum Gasteiger partial charge on any atom is 0.272 e. The van der Waals surface area contributed by atoms with Gasteiger partial charge < -0.3 is 15.5 Å². The molecule has 0 saturated carbocycles. The lowest BCUT2D eigenvalue weighted by Gasteiger charge is -2.35. The quantitative estimate of drug-likeness (QED) is 0.890. The SMILES string of the molecule is Nc1ccc(C(=O)N2CCN(c3ccccn3)CC2)nc1. The van der Waals surface area contributed by atoms with Crippen LogP contribution in [0.25, 0.3) is 0 Å². The highest BCUT2D eigenvalue weighted by atomic mass is 16.2. The zero-order valence-electron chi connectivity index (χ0n) is 11.6. The van der Waals surface area contributed by atoms with Crippen molar-refractivity contribution >= 4 is 17.4 Å². The van der Waals surface area contributed by atoms with Crippen molar-refractivity contribution in [3.05, 3.63) is 48.4 Å². The molecule has 0 unspecified atom stereocenters. The van der Waals surface area contributed by atoms with E-state index in [0.717, 1.165) is 18.9 Å². The molecule has 21 heavy (non-hydrogen) atoms. The Labute approximate surface area is 123 Å². The Morgan fingerprint density at radius 2 is 1.86 bits per heavy atom. The first-order valence-corrected chi connectivity index (χ1v) is 6.91. The third-order valence-corrected chi connectivity index (χ3v) is 3.55. The van der Waals surface area contributed by atoms with Gasteiger partial charge in [-0.15, -0.1) is 0 Å². The number of hydrogen-bond acceptors (Lipinski definition) is 5. The molecule has 1 amide bonds. The Balaban J connectivity index is 1.63. The molecule has 0 spiro atoms. The van der Waals surface area contributed by atoms with Crippen LogP contribution in [0.4, 0.5) is 11.5 Å². The van der Waals surface area contributed by atoms with Crippen LogP contribution in [0.3, 0.4) is 0 Å². The molecule has 108 valence electrons. The van der Waals surface area contributed by atoms with Gasteiger partial charge >= 0.3 is 0 Å². The molecular formula is C15H17N5O. The van der Waals surface area contributed by atoms with Gasteiger partial charge in [-0.3, -0.25) is 4.79 Å². The fourth-order valence-corrected chi connectivity index (χ4v) is 2.37. The number of pyridine rings is 2. The second-order valence-corrected chi connectivity index (χ2v) is 4.94. The minimum atomic E-state index is -0.0457. The van der Waals surface area contributed by atoms with Crippen LogP contribution in [-0.4, -0.2) is 47.0 Å². The number of hydrogen-bond donors (Lipinski definition) is 1. The third kappa shape index (κ3) is 2.94. The van der Waals surface area contributed by atoms with E-state index in [0.29, 0.717) is 24.5 Å². The smallest absolute Gasteiger partial charge is 0.272 e. The minimum Gasteiger partial charge on any atom is -0.397 e. The molecular weight excluding hydrogens is 266 g/mol. The first-order chi connectivity index (χ1) is 10.2. The Morgan fingerprint density at radius 1 is 1.05 bits per heavy atom. The number of rotatable bonds is 2. The molecule has 0 aromatic carbocycles. The van der Waals surface area contributed by atoms with E-state index in [-0.39, 0.29) is 5.91 Å². The third-order valence-electron chi connectivity index (χ3n) is 3.55. The monoisotopic (exact) mass is 283 g/mol. The summed E-state index contributed by atoms with van der Waals surface area (Å²) < 4.78 is 0. The van der Waals surface area contributed by atoms with E-state index in [4.69, 9.17) is 5.73 Å². The van der Waals surface area contributed by atoms with Crippen LogP contribution in [-0.2, 0) is 0 Å². The number of piperazine rings is 1. The second kappa shape index (κ2) is 5.78. The normalized spacial score (nSPS) is 15.0. The van der Waals surface area contributed by atoms with E-state index in [1.165, 1.54) is 6.20 Å². The van der Waals surface area contributed by atoms with Crippen molar-refractivity contribution in [2.45, 2.75) is 0 Å². The number of aromatic nitrogens is 2. The van der Waals surface area contributed by atoms with Crippen molar-refractivity contribution in [3.8, 4) is 0 Å². The van der Waals surface area contributed by atoms with Crippen molar-refractivity contribution in [2.24, 2.45) is 0 Å². The molecule has 3 heterocycles. The highest BCUT2D eigenvalue weighted by molar-refractivity contribution is 5.92. The van der Waals surface area contributed by atoms with Gasteiger partial charge in [-0.1, -0.05) is 6.07 Å². The summed E-state index contributed by atoms with van der Waals surface area (Å²) in [6.07, 6.45) is 3.29. The summed E-state index contributed by atoms with van der Waals surface area (Å²) in [5.74, 6) is 0.908. The fraction of sp³-hybridized carbons (Fsp3) is 0.267. The number of carbonyl (C=O) groups is 1. The fourth-order valence-electron chi connectivity index (χ4n) is 2.37. The molecule has 2 N–H and O–H groups in total. The molecule has 0 bridgehead atoms. The highest BCUT2D eigenvalue weighted by Crippen LogP contribution is 2.14. The van der Waals surface area contributed by atoms with Gasteiger partial charge in [-0.05, 0) is 24.3 Å². The first-order valence-electron chi connectivity index (χ1n) is 6.91. The standard InChI is InChI=1S/C15H17N5O/c16-12-4-5-13(18-11-12)15(21)20-9-7-19(8-10-20)14-3-1-2-6-17-14/h1-6,11H,7-10,16H2. The molecule has 3 rings (SSSR count). The van der Waals surface area contributed by atoms with Gasteiger partial charge in [0.05, 0.1) is 11.9 Å². The van der Waals surface area contributed by atoms with E-state index in [1.54, 1.807) is 18.3 Å². The molecule has 1 saturated heterocycles. The summed E-state index contributed by atoms with van der Waals surface area (Å²) in [6.45, 7) is 2.89. The number of nitrogen functional groups attached to an aromatic ring is 1. The number of nitrogens with two attached hydrogens (primary N) is 1. The lowest BCUT2D eigenvalue weighted by atomic mass is 10.2. The van der Waals surface area contributed by atoms with Crippen molar-refractivity contribution in [3.63, 3.8) is 0 Å². The molecule has 6 heteroatoms. The molecule has 0 radical (unpaired) electrons. The average Bonchev–Trinajstić information content (AvgIpc) is 2.56. The Hall–Kier alpha value is -2.63. The zero-order chi connectivity index (χ0) is 14.7. The summed E-state index contributed by atoms with van der Waals surface area (Å²) >= 11 is 0. The Bertz CT molecular complexity index is 606. The van der Waals surface area contributed by atoms with Crippen LogP contribution in [0, 0.1) is 0 Å². The lowest BCUT2D eigenvalue weighted by molar-refractivity contribution is 0.0740. The van der Waals surface area contributed by atoms with Crippen molar-refractivity contribution in [1.82, 2.24) is 14.9 Å². The van der Waals surface area contributed by atoms with Gasteiger partial charge in [0, 0.05) is 32.4 Å². The molecule has 2 aromatic rings. The van der Waals surface area contributed by atoms with Crippen molar-refractivity contribution in [2.75, 3.05) is 36.8 Å². The molecule has 2 aromatic heterocycles. The number of carbonyl (C=O) groups excluding carboxylic acids is 1. The summed E-state index contributed by atoms with van der Waals surface area (Å²) in [6, 6.07) is 9.22.